The fraction of sp³-hybridized carbons (Fsp3) is 0.814. The zero-order chi connectivity index (χ0) is 39.8. The van der Waals surface area contributed by atoms with Gasteiger partial charge in [-0.25, -0.2) is 4.57 Å². The minimum Gasteiger partial charge on any atom is -0.462 e. The number of allylic oxidation sites excluding steroid dienone is 6. The van der Waals surface area contributed by atoms with Crippen molar-refractivity contribution in [1.29, 1.82) is 0 Å². The third-order valence-electron chi connectivity index (χ3n) is 9.02. The van der Waals surface area contributed by atoms with E-state index < -0.39 is 51.8 Å². The molecule has 0 spiro atoms. The largest absolute Gasteiger partial charge is 0.472 e. The average molecular weight is 787 g/mol. The van der Waals surface area contributed by atoms with Crippen molar-refractivity contribution >= 4 is 19.8 Å². The van der Waals surface area contributed by atoms with Crippen molar-refractivity contribution in [2.45, 2.75) is 199 Å². The number of esters is 2. The highest BCUT2D eigenvalue weighted by atomic mass is 31.2. The summed E-state index contributed by atoms with van der Waals surface area (Å²) >= 11 is 0. The number of unbranched alkanes of at least 4 members (excludes halogenated alkanes) is 20. The summed E-state index contributed by atoms with van der Waals surface area (Å²) in [6.45, 7) is 2.33. The van der Waals surface area contributed by atoms with Gasteiger partial charge in [0.05, 0.1) is 19.8 Å². The molecule has 0 amide bonds. The van der Waals surface area contributed by atoms with Crippen molar-refractivity contribution in [2.24, 2.45) is 0 Å². The first-order valence-electron chi connectivity index (χ1n) is 21.4. The van der Waals surface area contributed by atoms with Crippen molar-refractivity contribution < 1.29 is 47.8 Å². The molecular formula is C43H79O10P. The summed E-state index contributed by atoms with van der Waals surface area (Å²) in [4.78, 5) is 34.9. The van der Waals surface area contributed by atoms with Crippen LogP contribution in [0.15, 0.2) is 36.5 Å². The predicted molar refractivity (Wildman–Crippen MR) is 219 cm³/mol. The molecular weight excluding hydrogens is 707 g/mol. The molecule has 3 N–H and O–H groups in total. The number of aliphatic hydroxyl groups is 2. The summed E-state index contributed by atoms with van der Waals surface area (Å²) in [7, 11) is -4.62. The van der Waals surface area contributed by atoms with E-state index in [0.717, 1.165) is 70.6 Å². The highest BCUT2D eigenvalue weighted by Crippen LogP contribution is 2.43. The number of phosphoric ester groups is 1. The maximum Gasteiger partial charge on any atom is 0.472 e. The molecule has 0 rings (SSSR count). The molecule has 0 heterocycles. The van der Waals surface area contributed by atoms with Gasteiger partial charge in [0.1, 0.15) is 12.7 Å². The van der Waals surface area contributed by atoms with E-state index in [2.05, 4.69) is 54.8 Å². The number of phosphoric acid groups is 1. The van der Waals surface area contributed by atoms with Crippen LogP contribution in [0.1, 0.15) is 187 Å². The average Bonchev–Trinajstić information content (AvgIpc) is 3.16. The summed E-state index contributed by atoms with van der Waals surface area (Å²) in [5.74, 6) is -0.942. The van der Waals surface area contributed by atoms with Gasteiger partial charge in [0.15, 0.2) is 6.10 Å². The summed E-state index contributed by atoms with van der Waals surface area (Å²) in [6, 6.07) is 0. The molecule has 11 heteroatoms. The first-order chi connectivity index (χ1) is 26.2. The molecule has 0 fully saturated rings. The molecule has 0 radical (unpaired) electrons. The van der Waals surface area contributed by atoms with Crippen LogP contribution in [0.25, 0.3) is 0 Å². The minimum atomic E-state index is -4.62. The van der Waals surface area contributed by atoms with Crippen LogP contribution >= 0.6 is 7.82 Å². The molecule has 1 unspecified atom stereocenters. The lowest BCUT2D eigenvalue weighted by Crippen LogP contribution is -2.29. The van der Waals surface area contributed by atoms with E-state index in [1.807, 2.05) is 0 Å². The summed E-state index contributed by atoms with van der Waals surface area (Å²) in [5, 5.41) is 18.3. The highest BCUT2D eigenvalue weighted by Gasteiger charge is 2.27. The van der Waals surface area contributed by atoms with Crippen LogP contribution in [0.2, 0.25) is 0 Å². The molecule has 0 bridgehead atoms. The van der Waals surface area contributed by atoms with Gasteiger partial charge in [-0.1, -0.05) is 140 Å². The van der Waals surface area contributed by atoms with Crippen molar-refractivity contribution in [3.8, 4) is 0 Å². The Hall–Kier alpha value is -1.81. The number of rotatable bonds is 40. The van der Waals surface area contributed by atoms with Gasteiger partial charge in [-0.2, -0.15) is 0 Å². The molecule has 3 atom stereocenters. The number of hydrogen-bond donors (Lipinski definition) is 3. The molecule has 316 valence electrons. The number of carbonyl (C=O) groups excluding carboxylic acids is 2. The number of carbonyl (C=O) groups is 2. The lowest BCUT2D eigenvalue weighted by atomic mass is 10.1. The molecule has 0 aromatic carbocycles. The molecule has 0 aromatic heterocycles. The summed E-state index contributed by atoms with van der Waals surface area (Å²) < 4.78 is 32.7. The monoisotopic (exact) mass is 787 g/mol. The third kappa shape index (κ3) is 38.5. The standard InChI is InChI=1S/C43H79O10P/c1-3-5-7-9-11-13-15-17-19-20-21-23-24-26-28-30-32-34-42(46)50-38-41(39-52-54(48,49)51-37-40(45)36-44)53-43(47)35-33-31-29-27-25-22-18-16-14-12-10-8-6-4-2/h11,13,16-19,40-41,44-45H,3-10,12,14-15,20-39H2,1-2H3,(H,48,49)/b13-11+,18-16+,19-17+/t40-,41+/m0/s1. The van der Waals surface area contributed by atoms with Crippen molar-refractivity contribution in [2.75, 3.05) is 26.4 Å². The molecule has 0 aromatic rings. The topological polar surface area (TPSA) is 149 Å². The van der Waals surface area contributed by atoms with E-state index >= 15 is 0 Å². The fourth-order valence-corrected chi connectivity index (χ4v) is 6.45. The van der Waals surface area contributed by atoms with Gasteiger partial charge in [0.25, 0.3) is 0 Å². The zero-order valence-corrected chi connectivity index (χ0v) is 35.1. The van der Waals surface area contributed by atoms with Crippen molar-refractivity contribution in [3.05, 3.63) is 36.5 Å². The third-order valence-corrected chi connectivity index (χ3v) is 9.97. The number of aliphatic hydroxyl groups excluding tert-OH is 2. The van der Waals surface area contributed by atoms with E-state index in [0.29, 0.717) is 12.8 Å². The molecule has 0 aliphatic carbocycles. The Balaban J connectivity index is 4.32. The Labute approximate surface area is 329 Å². The van der Waals surface area contributed by atoms with Gasteiger partial charge < -0.3 is 24.6 Å². The van der Waals surface area contributed by atoms with Crippen LogP contribution in [0.3, 0.4) is 0 Å². The Morgan fingerprint density at radius 2 is 0.963 bits per heavy atom. The van der Waals surface area contributed by atoms with Gasteiger partial charge in [0.2, 0.25) is 0 Å². The SMILES string of the molecule is CCCCC/C=C/C/C=C/CCCCCCCCCC(=O)OC[C@H](COP(=O)(O)OC[C@@H](O)CO)OC(=O)CCCCCCC/C=C/CCCCCCC. The van der Waals surface area contributed by atoms with Crippen LogP contribution < -0.4 is 0 Å². The Kier molecular flexibility index (Phi) is 38.1. The van der Waals surface area contributed by atoms with E-state index in [9.17, 15) is 24.2 Å². The van der Waals surface area contributed by atoms with Crippen LogP contribution in [0, 0.1) is 0 Å². The van der Waals surface area contributed by atoms with Gasteiger partial charge >= 0.3 is 19.8 Å². The fourth-order valence-electron chi connectivity index (χ4n) is 5.66. The normalized spacial score (nSPS) is 14.2. The molecule has 0 saturated heterocycles. The molecule has 54 heavy (non-hydrogen) atoms. The Bertz CT molecular complexity index is 999. The second-order valence-electron chi connectivity index (χ2n) is 14.4. The second-order valence-corrected chi connectivity index (χ2v) is 15.8. The highest BCUT2D eigenvalue weighted by molar-refractivity contribution is 7.47. The number of ether oxygens (including phenoxy) is 2. The van der Waals surface area contributed by atoms with E-state index in [1.165, 1.54) is 77.0 Å². The second kappa shape index (κ2) is 39.4. The maximum atomic E-state index is 12.6. The first kappa shape index (κ1) is 52.2. The molecule has 0 saturated carbocycles. The van der Waals surface area contributed by atoms with Crippen LogP contribution in [0.4, 0.5) is 0 Å². The van der Waals surface area contributed by atoms with E-state index in [4.69, 9.17) is 19.1 Å². The summed E-state index contributed by atoms with van der Waals surface area (Å²) in [6.07, 6.45) is 39.6. The van der Waals surface area contributed by atoms with Crippen molar-refractivity contribution in [1.82, 2.24) is 0 Å². The smallest absolute Gasteiger partial charge is 0.462 e. The zero-order valence-electron chi connectivity index (χ0n) is 34.2. The van der Waals surface area contributed by atoms with Crippen LogP contribution in [-0.2, 0) is 32.7 Å². The van der Waals surface area contributed by atoms with Crippen molar-refractivity contribution in [3.63, 3.8) is 0 Å². The predicted octanol–water partition coefficient (Wildman–Crippen LogP) is 11.2. The van der Waals surface area contributed by atoms with Gasteiger partial charge in [-0.3, -0.25) is 18.6 Å². The Morgan fingerprint density at radius 1 is 0.556 bits per heavy atom. The first-order valence-corrected chi connectivity index (χ1v) is 22.9. The summed E-state index contributed by atoms with van der Waals surface area (Å²) in [5.41, 5.74) is 0. The number of hydrogen-bond acceptors (Lipinski definition) is 9. The van der Waals surface area contributed by atoms with Gasteiger partial charge in [-0.05, 0) is 70.6 Å². The quantitative estimate of drug-likeness (QED) is 0.0237. The molecule has 0 aliphatic rings. The van der Waals surface area contributed by atoms with Gasteiger partial charge in [0, 0.05) is 12.8 Å². The lowest BCUT2D eigenvalue weighted by Gasteiger charge is -2.20. The molecule has 10 nitrogen and oxygen atoms in total. The van der Waals surface area contributed by atoms with E-state index in [1.54, 1.807) is 0 Å². The van der Waals surface area contributed by atoms with Crippen LogP contribution in [0.5, 0.6) is 0 Å². The van der Waals surface area contributed by atoms with Crippen LogP contribution in [-0.4, -0.2) is 65.7 Å². The lowest BCUT2D eigenvalue weighted by molar-refractivity contribution is -0.161. The molecule has 0 aliphatic heterocycles. The van der Waals surface area contributed by atoms with E-state index in [-0.39, 0.29) is 19.4 Å². The Morgan fingerprint density at radius 3 is 1.48 bits per heavy atom. The van der Waals surface area contributed by atoms with Gasteiger partial charge in [-0.15, -0.1) is 0 Å². The minimum absolute atomic E-state index is 0.173. The maximum absolute atomic E-state index is 12.6.